The van der Waals surface area contributed by atoms with Crippen LogP contribution in [0.4, 0.5) is 4.39 Å². The van der Waals surface area contributed by atoms with E-state index >= 15 is 0 Å². The Morgan fingerprint density at radius 2 is 2.28 bits per heavy atom. The van der Waals surface area contributed by atoms with Gasteiger partial charge in [-0.2, -0.15) is 0 Å². The lowest BCUT2D eigenvalue weighted by Crippen LogP contribution is -2.14. The van der Waals surface area contributed by atoms with E-state index in [1.807, 2.05) is 6.92 Å². The number of rotatable bonds is 2. The molecule has 0 amide bonds. The fourth-order valence-corrected chi connectivity index (χ4v) is 1.69. The van der Waals surface area contributed by atoms with Gasteiger partial charge in [-0.25, -0.2) is 14.2 Å². The van der Waals surface area contributed by atoms with Crippen LogP contribution in [-0.4, -0.2) is 23.0 Å². The molecule has 0 saturated carbocycles. The number of aromatic nitrogens is 2. The van der Waals surface area contributed by atoms with E-state index in [1.165, 1.54) is 6.20 Å². The highest BCUT2D eigenvalue weighted by molar-refractivity contribution is 5.92. The normalized spacial score (nSPS) is 10.6. The van der Waals surface area contributed by atoms with Crippen LogP contribution in [0.2, 0.25) is 0 Å². The standard InChI is InChI=1S/C12H11FN2O3/c1-3-6-4-7-5-14-10(12(17)18-2)8(13)9(7)15-11(6)16/h4-5H,3H2,1-2H3,(H,15,16). The predicted octanol–water partition coefficient (Wildman–Crippen LogP) is 1.41. The minimum atomic E-state index is -0.880. The molecule has 18 heavy (non-hydrogen) atoms. The summed E-state index contributed by atoms with van der Waals surface area (Å²) < 4.78 is 18.4. The summed E-state index contributed by atoms with van der Waals surface area (Å²) in [5.41, 5.74) is -0.307. The van der Waals surface area contributed by atoms with Gasteiger partial charge in [-0.15, -0.1) is 0 Å². The molecule has 6 heteroatoms. The highest BCUT2D eigenvalue weighted by Gasteiger charge is 2.17. The van der Waals surface area contributed by atoms with Gasteiger partial charge in [0.15, 0.2) is 11.5 Å². The van der Waals surface area contributed by atoms with Crippen molar-refractivity contribution in [3.8, 4) is 0 Å². The lowest BCUT2D eigenvalue weighted by molar-refractivity contribution is 0.0588. The zero-order chi connectivity index (χ0) is 13.3. The number of fused-ring (bicyclic) bond motifs is 1. The van der Waals surface area contributed by atoms with E-state index in [0.717, 1.165) is 7.11 Å². The molecule has 0 radical (unpaired) electrons. The van der Waals surface area contributed by atoms with Crippen LogP contribution in [0.1, 0.15) is 23.0 Å². The summed E-state index contributed by atoms with van der Waals surface area (Å²) >= 11 is 0. The van der Waals surface area contributed by atoms with E-state index in [-0.39, 0.29) is 11.1 Å². The highest BCUT2D eigenvalue weighted by atomic mass is 19.1. The maximum atomic E-state index is 14.0. The average molecular weight is 250 g/mol. The average Bonchev–Trinajstić information content (AvgIpc) is 2.38. The second-order valence-electron chi connectivity index (χ2n) is 3.72. The first kappa shape index (κ1) is 12.2. The van der Waals surface area contributed by atoms with Crippen molar-refractivity contribution >= 4 is 16.9 Å². The topological polar surface area (TPSA) is 72.0 Å². The molecule has 5 nitrogen and oxygen atoms in total. The van der Waals surface area contributed by atoms with Crippen molar-refractivity contribution in [3.05, 3.63) is 39.7 Å². The van der Waals surface area contributed by atoms with Gasteiger partial charge in [0.25, 0.3) is 5.56 Å². The quantitative estimate of drug-likeness (QED) is 0.818. The fraction of sp³-hybridized carbons (Fsp3) is 0.250. The minimum absolute atomic E-state index is 0.0346. The number of ether oxygens (including phenoxy) is 1. The Labute approximate surface area is 102 Å². The Morgan fingerprint density at radius 3 is 2.89 bits per heavy atom. The number of pyridine rings is 2. The predicted molar refractivity (Wildman–Crippen MR) is 63.0 cm³/mol. The molecular weight excluding hydrogens is 239 g/mol. The van der Waals surface area contributed by atoms with Crippen LogP contribution in [0.25, 0.3) is 10.9 Å². The number of methoxy groups -OCH3 is 1. The summed E-state index contributed by atoms with van der Waals surface area (Å²) in [4.78, 5) is 29.0. The van der Waals surface area contributed by atoms with Crippen molar-refractivity contribution in [2.24, 2.45) is 0 Å². The maximum absolute atomic E-state index is 14.0. The second-order valence-corrected chi connectivity index (χ2v) is 3.72. The molecule has 2 aromatic rings. The van der Waals surface area contributed by atoms with Crippen LogP contribution in [0.3, 0.4) is 0 Å². The van der Waals surface area contributed by atoms with E-state index in [0.29, 0.717) is 17.4 Å². The Hall–Kier alpha value is -2.24. The summed E-state index contributed by atoms with van der Waals surface area (Å²) in [5.74, 6) is -1.76. The number of carbonyl (C=O) groups is 1. The fourth-order valence-electron chi connectivity index (χ4n) is 1.69. The number of nitrogens with one attached hydrogen (secondary N) is 1. The third-order valence-electron chi connectivity index (χ3n) is 2.67. The zero-order valence-corrected chi connectivity index (χ0v) is 9.91. The Kier molecular flexibility index (Phi) is 3.10. The molecule has 0 saturated heterocycles. The van der Waals surface area contributed by atoms with Crippen LogP contribution in [0.15, 0.2) is 17.1 Å². The summed E-state index contributed by atoms with van der Waals surface area (Å²) in [7, 11) is 1.14. The molecule has 0 fully saturated rings. The molecule has 94 valence electrons. The number of nitrogens with zero attached hydrogens (tertiary/aromatic N) is 1. The number of aryl methyl sites for hydroxylation is 1. The van der Waals surface area contributed by atoms with Gasteiger partial charge in [0, 0.05) is 17.1 Å². The molecule has 0 bridgehead atoms. The summed E-state index contributed by atoms with van der Waals surface area (Å²) in [6.07, 6.45) is 1.87. The molecule has 2 rings (SSSR count). The third-order valence-corrected chi connectivity index (χ3v) is 2.67. The largest absolute Gasteiger partial charge is 0.464 e. The lowest BCUT2D eigenvalue weighted by Gasteiger charge is -2.05. The van der Waals surface area contributed by atoms with Gasteiger partial charge in [0.1, 0.15) is 0 Å². The van der Waals surface area contributed by atoms with Gasteiger partial charge in [-0.05, 0) is 12.5 Å². The van der Waals surface area contributed by atoms with E-state index in [9.17, 15) is 14.0 Å². The van der Waals surface area contributed by atoms with Gasteiger partial charge >= 0.3 is 5.97 Å². The number of aromatic amines is 1. The van der Waals surface area contributed by atoms with E-state index in [4.69, 9.17) is 0 Å². The SMILES string of the molecule is CCc1cc2cnc(C(=O)OC)c(F)c2[nH]c1=O. The van der Waals surface area contributed by atoms with Crippen molar-refractivity contribution in [3.63, 3.8) is 0 Å². The number of H-pyrrole nitrogens is 1. The highest BCUT2D eigenvalue weighted by Crippen LogP contribution is 2.17. The molecule has 0 atom stereocenters. The first-order valence-corrected chi connectivity index (χ1v) is 5.37. The van der Waals surface area contributed by atoms with E-state index in [1.54, 1.807) is 6.07 Å². The van der Waals surface area contributed by atoms with Crippen LogP contribution < -0.4 is 5.56 Å². The second kappa shape index (κ2) is 4.56. The van der Waals surface area contributed by atoms with E-state index < -0.39 is 17.5 Å². The molecule has 0 aliphatic carbocycles. The lowest BCUT2D eigenvalue weighted by atomic mass is 10.1. The van der Waals surface area contributed by atoms with E-state index in [2.05, 4.69) is 14.7 Å². The van der Waals surface area contributed by atoms with Crippen LogP contribution in [-0.2, 0) is 11.2 Å². The number of carbonyl (C=O) groups excluding carboxylic acids is 1. The molecular formula is C12H11FN2O3. The first-order chi connectivity index (χ1) is 8.58. The van der Waals surface area contributed by atoms with Gasteiger partial charge < -0.3 is 9.72 Å². The van der Waals surface area contributed by atoms with Crippen LogP contribution in [0, 0.1) is 5.82 Å². The van der Waals surface area contributed by atoms with Gasteiger partial charge in [0.2, 0.25) is 0 Å². The molecule has 0 unspecified atom stereocenters. The Balaban J connectivity index is 2.75. The van der Waals surface area contributed by atoms with Gasteiger partial charge in [-0.3, -0.25) is 4.79 Å². The number of hydrogen-bond acceptors (Lipinski definition) is 4. The van der Waals surface area contributed by atoms with Crippen molar-refractivity contribution < 1.29 is 13.9 Å². The van der Waals surface area contributed by atoms with Crippen molar-refractivity contribution in [1.29, 1.82) is 0 Å². The Bertz CT molecular complexity index is 679. The van der Waals surface area contributed by atoms with Gasteiger partial charge in [-0.1, -0.05) is 6.92 Å². The molecule has 0 aliphatic heterocycles. The molecule has 0 spiro atoms. The number of hydrogen-bond donors (Lipinski definition) is 1. The van der Waals surface area contributed by atoms with Gasteiger partial charge in [0.05, 0.1) is 12.6 Å². The monoisotopic (exact) mass is 250 g/mol. The third kappa shape index (κ3) is 1.85. The van der Waals surface area contributed by atoms with Crippen molar-refractivity contribution in [2.75, 3.05) is 7.11 Å². The summed E-state index contributed by atoms with van der Waals surface area (Å²) in [5, 5.41) is 0.441. The molecule has 0 aliphatic rings. The van der Waals surface area contributed by atoms with Crippen molar-refractivity contribution in [2.45, 2.75) is 13.3 Å². The molecule has 0 aromatic carbocycles. The summed E-state index contributed by atoms with van der Waals surface area (Å²) in [6, 6.07) is 1.56. The molecule has 2 heterocycles. The summed E-state index contributed by atoms with van der Waals surface area (Å²) in [6.45, 7) is 1.82. The minimum Gasteiger partial charge on any atom is -0.464 e. The number of halogens is 1. The Morgan fingerprint density at radius 1 is 1.56 bits per heavy atom. The molecule has 2 aromatic heterocycles. The first-order valence-electron chi connectivity index (χ1n) is 5.37. The van der Waals surface area contributed by atoms with Crippen LogP contribution >= 0.6 is 0 Å². The van der Waals surface area contributed by atoms with Crippen LogP contribution in [0.5, 0.6) is 0 Å². The smallest absolute Gasteiger partial charge is 0.359 e. The zero-order valence-electron chi connectivity index (χ0n) is 9.91. The maximum Gasteiger partial charge on any atom is 0.359 e. The number of esters is 1. The van der Waals surface area contributed by atoms with Crippen molar-refractivity contribution in [1.82, 2.24) is 9.97 Å². The molecule has 1 N–H and O–H groups in total.